The van der Waals surface area contributed by atoms with E-state index in [1.54, 1.807) is 10.6 Å². The summed E-state index contributed by atoms with van der Waals surface area (Å²) < 4.78 is 7.49. The first-order chi connectivity index (χ1) is 12.9. The summed E-state index contributed by atoms with van der Waals surface area (Å²) >= 11 is 6.55. The van der Waals surface area contributed by atoms with Crippen LogP contribution in [0.4, 0.5) is 0 Å². The standard InChI is InChI=1S/C21H29ClN2O3/c1-5-8-9-27-16-10-17-18(15(6-2)12-23-14(4)25)13-24(20(26)7-3)21(17)19(22)11-16/h10-11,13,15H,5-9,12H2,1-4H3,(H,23,25). The van der Waals surface area contributed by atoms with Crippen molar-refractivity contribution >= 4 is 34.3 Å². The van der Waals surface area contributed by atoms with Gasteiger partial charge in [-0.15, -0.1) is 0 Å². The third-order valence-corrected chi connectivity index (χ3v) is 5.01. The molecule has 148 valence electrons. The molecule has 0 aliphatic carbocycles. The number of unbranched alkanes of at least 4 members (excludes halogenated alkanes) is 1. The molecule has 2 aromatic rings. The second-order valence-corrected chi connectivity index (χ2v) is 7.15. The lowest BCUT2D eigenvalue weighted by Crippen LogP contribution is -2.25. The molecule has 1 atom stereocenters. The molecule has 0 bridgehead atoms. The Morgan fingerprint density at radius 1 is 1.26 bits per heavy atom. The zero-order valence-electron chi connectivity index (χ0n) is 16.6. The molecule has 1 N–H and O–H groups in total. The van der Waals surface area contributed by atoms with E-state index in [0.29, 0.717) is 35.9 Å². The monoisotopic (exact) mass is 392 g/mol. The normalized spacial score (nSPS) is 12.2. The van der Waals surface area contributed by atoms with E-state index in [1.807, 2.05) is 19.2 Å². The first kappa shape index (κ1) is 21.3. The van der Waals surface area contributed by atoms with Gasteiger partial charge in [-0.05, 0) is 24.5 Å². The van der Waals surface area contributed by atoms with Gasteiger partial charge in [0.1, 0.15) is 5.75 Å². The Kier molecular flexibility index (Phi) is 7.72. The van der Waals surface area contributed by atoms with Gasteiger partial charge in [0.2, 0.25) is 11.8 Å². The molecule has 1 unspecified atom stereocenters. The number of benzene rings is 1. The lowest BCUT2D eigenvalue weighted by Gasteiger charge is -2.15. The summed E-state index contributed by atoms with van der Waals surface area (Å²) in [6.07, 6.45) is 5.11. The molecule has 0 spiro atoms. The maximum Gasteiger partial charge on any atom is 0.230 e. The van der Waals surface area contributed by atoms with E-state index in [-0.39, 0.29) is 17.7 Å². The average Bonchev–Trinajstić information content (AvgIpc) is 3.02. The fraction of sp³-hybridized carbons (Fsp3) is 0.524. The minimum absolute atomic E-state index is 0.0119. The van der Waals surface area contributed by atoms with Crippen molar-refractivity contribution in [3.63, 3.8) is 0 Å². The molecule has 27 heavy (non-hydrogen) atoms. The minimum Gasteiger partial charge on any atom is -0.494 e. The maximum atomic E-state index is 12.5. The third-order valence-electron chi connectivity index (χ3n) is 4.72. The minimum atomic E-state index is -0.0663. The summed E-state index contributed by atoms with van der Waals surface area (Å²) in [5.74, 6) is 0.716. The van der Waals surface area contributed by atoms with Crippen molar-refractivity contribution < 1.29 is 14.3 Å². The molecule has 0 saturated heterocycles. The van der Waals surface area contributed by atoms with Crippen LogP contribution < -0.4 is 10.1 Å². The molecule has 0 radical (unpaired) electrons. The number of fused-ring (bicyclic) bond motifs is 1. The predicted octanol–water partition coefficient (Wildman–Crippen LogP) is 5.15. The number of rotatable bonds is 9. The van der Waals surface area contributed by atoms with Crippen molar-refractivity contribution in [2.75, 3.05) is 13.2 Å². The van der Waals surface area contributed by atoms with Gasteiger partial charge in [0.15, 0.2) is 0 Å². The molecule has 5 nitrogen and oxygen atoms in total. The molecule has 1 heterocycles. The molecule has 0 saturated carbocycles. The van der Waals surface area contributed by atoms with E-state index in [2.05, 4.69) is 19.2 Å². The van der Waals surface area contributed by atoms with Crippen LogP contribution in [0.15, 0.2) is 18.3 Å². The second kappa shape index (κ2) is 9.79. The molecule has 1 aromatic carbocycles. The van der Waals surface area contributed by atoms with E-state index in [4.69, 9.17) is 16.3 Å². The van der Waals surface area contributed by atoms with E-state index in [0.717, 1.165) is 30.2 Å². The Balaban J connectivity index is 2.55. The number of ether oxygens (including phenoxy) is 1. The molecular formula is C21H29ClN2O3. The van der Waals surface area contributed by atoms with Crippen molar-refractivity contribution in [1.82, 2.24) is 9.88 Å². The van der Waals surface area contributed by atoms with E-state index >= 15 is 0 Å². The van der Waals surface area contributed by atoms with Gasteiger partial charge >= 0.3 is 0 Å². The van der Waals surface area contributed by atoms with Gasteiger partial charge in [-0.2, -0.15) is 0 Å². The van der Waals surface area contributed by atoms with Crippen LogP contribution in [0.2, 0.25) is 5.02 Å². The molecular weight excluding hydrogens is 364 g/mol. The third kappa shape index (κ3) is 5.04. The summed E-state index contributed by atoms with van der Waals surface area (Å²) in [5, 5.41) is 4.30. The number of hydrogen-bond acceptors (Lipinski definition) is 3. The summed E-state index contributed by atoms with van der Waals surface area (Å²) in [6, 6.07) is 3.74. The molecule has 1 aromatic heterocycles. The van der Waals surface area contributed by atoms with Crippen LogP contribution in [0, 0.1) is 0 Å². The Morgan fingerprint density at radius 3 is 2.59 bits per heavy atom. The highest BCUT2D eigenvalue weighted by molar-refractivity contribution is 6.35. The van der Waals surface area contributed by atoms with Gasteiger partial charge in [-0.3, -0.25) is 14.2 Å². The number of aromatic nitrogens is 1. The number of carbonyl (C=O) groups is 2. The van der Waals surface area contributed by atoms with Crippen LogP contribution in [0.1, 0.15) is 69.7 Å². The zero-order valence-corrected chi connectivity index (χ0v) is 17.4. The van der Waals surface area contributed by atoms with Crippen LogP contribution in [0.25, 0.3) is 10.9 Å². The van der Waals surface area contributed by atoms with Crippen molar-refractivity contribution in [3.05, 3.63) is 28.9 Å². The summed E-state index contributed by atoms with van der Waals surface area (Å²) in [6.45, 7) is 8.67. The van der Waals surface area contributed by atoms with Crippen molar-refractivity contribution in [2.24, 2.45) is 0 Å². The Hall–Kier alpha value is -2.01. The average molecular weight is 393 g/mol. The Labute approximate surface area is 166 Å². The predicted molar refractivity (Wildman–Crippen MR) is 110 cm³/mol. The Morgan fingerprint density at radius 2 is 2.00 bits per heavy atom. The van der Waals surface area contributed by atoms with E-state index in [9.17, 15) is 9.59 Å². The largest absolute Gasteiger partial charge is 0.494 e. The summed E-state index contributed by atoms with van der Waals surface area (Å²) in [5.41, 5.74) is 1.72. The van der Waals surface area contributed by atoms with Gasteiger partial charge < -0.3 is 10.1 Å². The van der Waals surface area contributed by atoms with Gasteiger partial charge in [0, 0.05) is 43.5 Å². The van der Waals surface area contributed by atoms with Crippen molar-refractivity contribution in [1.29, 1.82) is 0 Å². The Bertz CT molecular complexity index is 813. The first-order valence-corrected chi connectivity index (χ1v) is 10.1. The molecule has 6 heteroatoms. The number of halogens is 1. The van der Waals surface area contributed by atoms with Crippen LogP contribution in [0.5, 0.6) is 5.75 Å². The SMILES string of the molecule is CCCCOc1cc(Cl)c2c(c1)c(C(CC)CNC(C)=O)cn2C(=O)CC. The quantitative estimate of drug-likeness (QED) is 0.600. The van der Waals surface area contributed by atoms with Crippen LogP contribution in [-0.2, 0) is 4.79 Å². The molecule has 0 aliphatic rings. The molecule has 1 amide bonds. The van der Waals surface area contributed by atoms with Gasteiger partial charge in [-0.25, -0.2) is 0 Å². The maximum absolute atomic E-state index is 12.5. The highest BCUT2D eigenvalue weighted by Crippen LogP contribution is 2.37. The zero-order chi connectivity index (χ0) is 20.0. The fourth-order valence-electron chi connectivity index (χ4n) is 3.16. The molecule has 2 rings (SSSR count). The smallest absolute Gasteiger partial charge is 0.230 e. The summed E-state index contributed by atoms with van der Waals surface area (Å²) in [4.78, 5) is 23.8. The van der Waals surface area contributed by atoms with Crippen LogP contribution in [0.3, 0.4) is 0 Å². The van der Waals surface area contributed by atoms with E-state index < -0.39 is 0 Å². The fourth-order valence-corrected chi connectivity index (χ4v) is 3.46. The number of amides is 1. The van der Waals surface area contributed by atoms with Gasteiger partial charge in [0.25, 0.3) is 0 Å². The van der Waals surface area contributed by atoms with Crippen LogP contribution >= 0.6 is 11.6 Å². The lowest BCUT2D eigenvalue weighted by molar-refractivity contribution is -0.119. The lowest BCUT2D eigenvalue weighted by atomic mass is 9.96. The topological polar surface area (TPSA) is 60.3 Å². The number of carbonyl (C=O) groups excluding carboxylic acids is 2. The van der Waals surface area contributed by atoms with E-state index in [1.165, 1.54) is 6.92 Å². The van der Waals surface area contributed by atoms with Crippen molar-refractivity contribution in [3.8, 4) is 5.75 Å². The number of nitrogens with zero attached hydrogens (tertiary/aromatic N) is 1. The number of nitrogens with one attached hydrogen (secondary N) is 1. The summed E-state index contributed by atoms with van der Waals surface area (Å²) in [7, 11) is 0. The van der Waals surface area contributed by atoms with Gasteiger partial charge in [-0.1, -0.05) is 38.8 Å². The second-order valence-electron chi connectivity index (χ2n) is 6.75. The van der Waals surface area contributed by atoms with Gasteiger partial charge in [0.05, 0.1) is 17.1 Å². The molecule has 0 fully saturated rings. The highest BCUT2D eigenvalue weighted by Gasteiger charge is 2.22. The number of hydrogen-bond donors (Lipinski definition) is 1. The highest BCUT2D eigenvalue weighted by atomic mass is 35.5. The first-order valence-electron chi connectivity index (χ1n) is 9.67. The van der Waals surface area contributed by atoms with Crippen molar-refractivity contribution in [2.45, 2.75) is 59.3 Å². The molecule has 0 aliphatic heterocycles. The van der Waals surface area contributed by atoms with Crippen LogP contribution in [-0.4, -0.2) is 29.5 Å².